The van der Waals surface area contributed by atoms with E-state index >= 15 is 0 Å². The molecule has 2 fully saturated rings. The van der Waals surface area contributed by atoms with Crippen LogP contribution in [-0.2, 0) is 14.4 Å². The molecule has 1 heterocycles. The van der Waals surface area contributed by atoms with Gasteiger partial charge >= 0.3 is 0 Å². The number of rotatable bonds is 8. The molecule has 0 radical (unpaired) electrons. The van der Waals surface area contributed by atoms with E-state index in [1.165, 1.54) is 6.08 Å². The monoisotopic (exact) mass is 494 g/mol. The molecule has 3 rings (SSSR count). The van der Waals surface area contributed by atoms with Crippen LogP contribution in [0.2, 0.25) is 10.0 Å². The quantitative estimate of drug-likeness (QED) is 0.428. The van der Waals surface area contributed by atoms with Gasteiger partial charge in [0, 0.05) is 50.6 Å². The first kappa shape index (κ1) is 25.5. The fourth-order valence-corrected chi connectivity index (χ4v) is 4.68. The highest BCUT2D eigenvalue weighted by atomic mass is 35.5. The number of nitrogens with two attached hydrogens (primary N) is 1. The lowest BCUT2D eigenvalue weighted by molar-refractivity contribution is -0.130. The maximum Gasteiger partial charge on any atom is 0.246 e. The Balaban J connectivity index is 1.39. The van der Waals surface area contributed by atoms with Crippen LogP contribution in [0.4, 0.5) is 0 Å². The van der Waals surface area contributed by atoms with Crippen molar-refractivity contribution in [2.45, 2.75) is 44.6 Å². The van der Waals surface area contributed by atoms with Crippen molar-refractivity contribution in [2.24, 2.45) is 11.7 Å². The molecule has 7 nitrogen and oxygen atoms in total. The average Bonchev–Trinajstić information content (AvgIpc) is 2.99. The Bertz CT molecular complexity index is 884. The summed E-state index contributed by atoms with van der Waals surface area (Å²) in [5.41, 5.74) is 6.18. The fourth-order valence-electron chi connectivity index (χ4n) is 4.37. The van der Waals surface area contributed by atoms with Crippen molar-refractivity contribution in [3.8, 4) is 0 Å². The lowest BCUT2D eigenvalue weighted by atomic mass is 9.85. The Labute approximate surface area is 205 Å². The molecule has 0 spiro atoms. The number of nitrogens with zero attached hydrogens (tertiary/aromatic N) is 2. The van der Waals surface area contributed by atoms with E-state index in [0.717, 1.165) is 44.2 Å². The molecule has 3 N–H and O–H groups in total. The number of hydrogen-bond donors (Lipinski definition) is 2. The van der Waals surface area contributed by atoms with Crippen LogP contribution in [0.1, 0.15) is 44.1 Å². The van der Waals surface area contributed by atoms with E-state index in [-0.39, 0.29) is 23.6 Å². The van der Waals surface area contributed by atoms with Gasteiger partial charge in [-0.3, -0.25) is 14.4 Å². The third kappa shape index (κ3) is 7.73. The predicted molar refractivity (Wildman–Crippen MR) is 131 cm³/mol. The number of carbonyl (C=O) groups excluding carboxylic acids is 3. The number of nitrogens with one attached hydrogen (secondary N) is 1. The highest BCUT2D eigenvalue weighted by Crippen LogP contribution is 2.24. The normalized spacial score (nSPS) is 21.9. The number of carbonyl (C=O) groups is 3. The Hall–Kier alpha value is -2.09. The highest BCUT2D eigenvalue weighted by molar-refractivity contribution is 6.42. The molecule has 1 aliphatic heterocycles. The number of hydrogen-bond acceptors (Lipinski definition) is 4. The van der Waals surface area contributed by atoms with Gasteiger partial charge in [-0.1, -0.05) is 29.3 Å². The van der Waals surface area contributed by atoms with Crippen LogP contribution in [0, 0.1) is 5.92 Å². The van der Waals surface area contributed by atoms with Gasteiger partial charge < -0.3 is 20.9 Å². The van der Waals surface area contributed by atoms with Crippen LogP contribution >= 0.6 is 23.2 Å². The third-order valence-electron chi connectivity index (χ3n) is 6.43. The van der Waals surface area contributed by atoms with Gasteiger partial charge in [-0.2, -0.15) is 0 Å². The topological polar surface area (TPSA) is 95.7 Å². The lowest BCUT2D eigenvalue weighted by Gasteiger charge is -2.28. The van der Waals surface area contributed by atoms with Gasteiger partial charge in [0.1, 0.15) is 0 Å². The van der Waals surface area contributed by atoms with Crippen LogP contribution in [0.5, 0.6) is 0 Å². The zero-order valence-electron chi connectivity index (χ0n) is 18.8. The summed E-state index contributed by atoms with van der Waals surface area (Å²) in [6.07, 6.45) is 8.02. The van der Waals surface area contributed by atoms with Gasteiger partial charge in [-0.25, -0.2) is 0 Å². The minimum absolute atomic E-state index is 0.0160. The molecule has 2 aliphatic rings. The van der Waals surface area contributed by atoms with E-state index in [4.69, 9.17) is 28.9 Å². The average molecular weight is 495 g/mol. The molecule has 1 aromatic carbocycles. The van der Waals surface area contributed by atoms with Gasteiger partial charge in [0.2, 0.25) is 17.7 Å². The van der Waals surface area contributed by atoms with Crippen molar-refractivity contribution in [3.63, 3.8) is 0 Å². The van der Waals surface area contributed by atoms with Crippen LogP contribution in [-0.4, -0.2) is 66.3 Å². The van der Waals surface area contributed by atoms with Gasteiger partial charge in [0.25, 0.3) is 0 Å². The molecule has 9 heteroatoms. The molecule has 0 unspecified atom stereocenters. The van der Waals surface area contributed by atoms with Crippen molar-refractivity contribution >= 4 is 47.0 Å². The lowest BCUT2D eigenvalue weighted by Crippen LogP contribution is -2.39. The number of amides is 3. The second kappa shape index (κ2) is 12.4. The van der Waals surface area contributed by atoms with Gasteiger partial charge in [-0.15, -0.1) is 0 Å². The standard InChI is InChI=1S/C24H32Cl2N4O3/c25-20-8-2-17(16-21(20)26)3-9-22(31)30-13-10-23(32)29(14-15-30)12-1-11-28-19-6-4-18(5-7-19)24(27)33/h2-3,8-9,16,18-19,28H,1,4-7,10-15H2,(H2,27,33). The van der Waals surface area contributed by atoms with E-state index in [9.17, 15) is 14.4 Å². The SMILES string of the molecule is NC(=O)C1CCC(NCCCN2CCN(C(=O)C=Cc3ccc(Cl)c(Cl)c3)CCC2=O)CC1. The third-order valence-corrected chi connectivity index (χ3v) is 7.17. The maximum atomic E-state index is 12.6. The Morgan fingerprint density at radius 1 is 1.09 bits per heavy atom. The molecule has 1 aromatic rings. The van der Waals surface area contributed by atoms with Crippen molar-refractivity contribution in [2.75, 3.05) is 32.7 Å². The number of primary amides is 1. The fraction of sp³-hybridized carbons (Fsp3) is 0.542. The van der Waals surface area contributed by atoms with E-state index in [2.05, 4.69) is 5.32 Å². The Morgan fingerprint density at radius 3 is 2.55 bits per heavy atom. The van der Waals surface area contributed by atoms with E-state index in [1.54, 1.807) is 29.2 Å². The molecule has 33 heavy (non-hydrogen) atoms. The Kier molecular flexibility index (Phi) is 9.59. The van der Waals surface area contributed by atoms with E-state index in [0.29, 0.717) is 48.7 Å². The van der Waals surface area contributed by atoms with Crippen LogP contribution < -0.4 is 11.1 Å². The summed E-state index contributed by atoms with van der Waals surface area (Å²) in [6, 6.07) is 5.61. The van der Waals surface area contributed by atoms with Crippen molar-refractivity contribution in [1.29, 1.82) is 0 Å². The smallest absolute Gasteiger partial charge is 0.246 e. The molecule has 0 atom stereocenters. The Morgan fingerprint density at radius 2 is 1.85 bits per heavy atom. The molecule has 0 aromatic heterocycles. The summed E-state index contributed by atoms with van der Waals surface area (Å²) in [4.78, 5) is 39.9. The van der Waals surface area contributed by atoms with E-state index in [1.807, 2.05) is 4.90 Å². The van der Waals surface area contributed by atoms with Gasteiger partial charge in [0.15, 0.2) is 0 Å². The van der Waals surface area contributed by atoms with Crippen molar-refractivity contribution < 1.29 is 14.4 Å². The minimum Gasteiger partial charge on any atom is -0.369 e. The van der Waals surface area contributed by atoms with Crippen molar-refractivity contribution in [3.05, 3.63) is 39.9 Å². The van der Waals surface area contributed by atoms with Crippen LogP contribution in [0.15, 0.2) is 24.3 Å². The molecule has 0 bridgehead atoms. The van der Waals surface area contributed by atoms with Crippen LogP contribution in [0.3, 0.4) is 0 Å². The second-order valence-corrected chi connectivity index (χ2v) is 9.54. The molecule has 1 aliphatic carbocycles. The molecular formula is C24H32Cl2N4O3. The van der Waals surface area contributed by atoms with Gasteiger partial charge in [-0.05, 0) is 62.4 Å². The van der Waals surface area contributed by atoms with Crippen molar-refractivity contribution in [1.82, 2.24) is 15.1 Å². The number of halogens is 2. The molecule has 1 saturated carbocycles. The largest absolute Gasteiger partial charge is 0.369 e. The molecule has 3 amide bonds. The first-order valence-corrected chi connectivity index (χ1v) is 12.3. The minimum atomic E-state index is -0.189. The predicted octanol–water partition coefficient (Wildman–Crippen LogP) is 3.09. The van der Waals surface area contributed by atoms with Gasteiger partial charge in [0.05, 0.1) is 10.0 Å². The summed E-state index contributed by atoms with van der Waals surface area (Å²) in [5, 5.41) is 4.45. The zero-order chi connectivity index (χ0) is 23.8. The first-order valence-electron chi connectivity index (χ1n) is 11.6. The summed E-state index contributed by atoms with van der Waals surface area (Å²) in [5.74, 6) is -0.211. The number of benzene rings is 1. The second-order valence-electron chi connectivity index (χ2n) is 8.72. The first-order chi connectivity index (χ1) is 15.8. The summed E-state index contributed by atoms with van der Waals surface area (Å²) >= 11 is 11.9. The summed E-state index contributed by atoms with van der Waals surface area (Å²) < 4.78 is 0. The summed E-state index contributed by atoms with van der Waals surface area (Å²) in [7, 11) is 0. The molecular weight excluding hydrogens is 463 g/mol. The van der Waals surface area contributed by atoms with Crippen LogP contribution in [0.25, 0.3) is 6.08 Å². The summed E-state index contributed by atoms with van der Waals surface area (Å²) in [6.45, 7) is 2.96. The van der Waals surface area contributed by atoms with E-state index < -0.39 is 0 Å². The maximum absolute atomic E-state index is 12.6. The molecule has 1 saturated heterocycles. The zero-order valence-corrected chi connectivity index (χ0v) is 20.3. The highest BCUT2D eigenvalue weighted by Gasteiger charge is 2.25. The molecule has 180 valence electrons.